The van der Waals surface area contributed by atoms with Gasteiger partial charge in [0.1, 0.15) is 0 Å². The van der Waals surface area contributed by atoms with E-state index in [9.17, 15) is 5.11 Å². The van der Waals surface area contributed by atoms with Crippen LogP contribution in [0.3, 0.4) is 0 Å². The molecular weight excluding hydrogens is 144 g/mol. The van der Waals surface area contributed by atoms with E-state index in [0.717, 1.165) is 19.4 Å². The molecule has 0 saturated carbocycles. The molecule has 0 bridgehead atoms. The Morgan fingerprint density at radius 3 is 2.91 bits per heavy atom. The maximum Gasteiger partial charge on any atom is 0.0823 e. The number of methoxy groups -OCH3 is 1. The van der Waals surface area contributed by atoms with Gasteiger partial charge >= 0.3 is 0 Å². The zero-order chi connectivity index (χ0) is 8.10. The van der Waals surface area contributed by atoms with Gasteiger partial charge < -0.3 is 14.6 Å². The summed E-state index contributed by atoms with van der Waals surface area (Å²) < 4.78 is 10.0. The zero-order valence-electron chi connectivity index (χ0n) is 6.95. The summed E-state index contributed by atoms with van der Waals surface area (Å²) in [5, 5.41) is 9.32. The van der Waals surface area contributed by atoms with Crippen LogP contribution >= 0.6 is 0 Å². The average molecular weight is 160 g/mol. The van der Waals surface area contributed by atoms with Gasteiger partial charge in [-0.2, -0.15) is 0 Å². The average Bonchev–Trinajstić information content (AvgIpc) is 2.37. The minimum absolute atomic E-state index is 0.244. The lowest BCUT2D eigenvalue weighted by Gasteiger charge is -2.10. The van der Waals surface area contributed by atoms with Gasteiger partial charge in [-0.15, -0.1) is 0 Å². The summed E-state index contributed by atoms with van der Waals surface area (Å²) >= 11 is 0. The molecule has 1 rings (SSSR count). The molecule has 0 aliphatic carbocycles. The van der Waals surface area contributed by atoms with Crippen molar-refractivity contribution < 1.29 is 14.6 Å². The summed E-state index contributed by atoms with van der Waals surface area (Å²) in [6.07, 6.45) is 1.78. The van der Waals surface area contributed by atoms with Crippen LogP contribution in [0.4, 0.5) is 0 Å². The molecule has 0 aromatic heterocycles. The summed E-state index contributed by atoms with van der Waals surface area (Å²) in [7, 11) is 1.70. The van der Waals surface area contributed by atoms with Crippen LogP contribution in [0.2, 0.25) is 0 Å². The fourth-order valence-corrected chi connectivity index (χ4v) is 1.35. The van der Waals surface area contributed by atoms with Crippen molar-refractivity contribution in [2.24, 2.45) is 5.92 Å². The molecule has 0 radical (unpaired) electrons. The number of aliphatic hydroxyl groups excluding tert-OH is 1. The number of ether oxygens (including phenoxy) is 2. The van der Waals surface area contributed by atoms with Crippen molar-refractivity contribution in [2.45, 2.75) is 18.9 Å². The van der Waals surface area contributed by atoms with E-state index < -0.39 is 0 Å². The molecule has 1 fully saturated rings. The summed E-state index contributed by atoms with van der Waals surface area (Å²) in [5.41, 5.74) is 0. The maximum absolute atomic E-state index is 9.32. The molecule has 11 heavy (non-hydrogen) atoms. The van der Waals surface area contributed by atoms with Crippen LogP contribution < -0.4 is 0 Å². The van der Waals surface area contributed by atoms with E-state index in [1.165, 1.54) is 0 Å². The molecular formula is C8H16O3. The smallest absolute Gasteiger partial charge is 0.0823 e. The van der Waals surface area contributed by atoms with Gasteiger partial charge in [-0.05, 0) is 12.8 Å². The molecule has 0 aromatic carbocycles. The third-order valence-electron chi connectivity index (χ3n) is 2.09. The fourth-order valence-electron chi connectivity index (χ4n) is 1.35. The molecule has 1 N–H and O–H groups in total. The SMILES string of the molecule is COCCC[C@@H]1COC[C@H]1O. The summed E-state index contributed by atoms with van der Waals surface area (Å²) in [6, 6.07) is 0. The van der Waals surface area contributed by atoms with E-state index in [0.29, 0.717) is 19.1 Å². The Labute approximate surface area is 67.3 Å². The van der Waals surface area contributed by atoms with Gasteiger partial charge in [0.25, 0.3) is 0 Å². The van der Waals surface area contributed by atoms with Crippen molar-refractivity contribution in [3.05, 3.63) is 0 Å². The maximum atomic E-state index is 9.32. The second-order valence-corrected chi connectivity index (χ2v) is 3.00. The molecule has 3 nitrogen and oxygen atoms in total. The molecule has 1 saturated heterocycles. The van der Waals surface area contributed by atoms with Crippen LogP contribution in [0.5, 0.6) is 0 Å². The minimum Gasteiger partial charge on any atom is -0.390 e. The normalized spacial score (nSPS) is 31.1. The van der Waals surface area contributed by atoms with Crippen molar-refractivity contribution >= 4 is 0 Å². The Kier molecular flexibility index (Phi) is 3.83. The Bertz CT molecular complexity index is 106. The first-order chi connectivity index (χ1) is 5.34. The van der Waals surface area contributed by atoms with Crippen LogP contribution in [0.1, 0.15) is 12.8 Å². The van der Waals surface area contributed by atoms with Gasteiger partial charge in [0.05, 0.1) is 19.3 Å². The highest BCUT2D eigenvalue weighted by Crippen LogP contribution is 2.18. The topological polar surface area (TPSA) is 38.7 Å². The molecule has 66 valence electrons. The Morgan fingerprint density at radius 1 is 1.55 bits per heavy atom. The predicted octanol–water partition coefficient (Wildman–Crippen LogP) is 0.420. The number of hydrogen-bond acceptors (Lipinski definition) is 3. The van der Waals surface area contributed by atoms with Crippen molar-refractivity contribution in [1.82, 2.24) is 0 Å². The molecule has 2 atom stereocenters. The quantitative estimate of drug-likeness (QED) is 0.606. The van der Waals surface area contributed by atoms with Gasteiger partial charge in [-0.1, -0.05) is 0 Å². The first-order valence-electron chi connectivity index (χ1n) is 4.09. The lowest BCUT2D eigenvalue weighted by Crippen LogP contribution is -2.17. The van der Waals surface area contributed by atoms with Crippen molar-refractivity contribution in [1.29, 1.82) is 0 Å². The largest absolute Gasteiger partial charge is 0.390 e. The minimum atomic E-state index is -0.244. The third-order valence-corrected chi connectivity index (χ3v) is 2.09. The highest BCUT2D eigenvalue weighted by molar-refractivity contribution is 4.73. The Balaban J connectivity index is 2.05. The molecule has 0 aromatic rings. The van der Waals surface area contributed by atoms with Crippen LogP contribution in [-0.2, 0) is 9.47 Å². The number of hydrogen-bond donors (Lipinski definition) is 1. The summed E-state index contributed by atoms with van der Waals surface area (Å²) in [6.45, 7) is 2.01. The van der Waals surface area contributed by atoms with Crippen molar-refractivity contribution in [3.8, 4) is 0 Å². The molecule has 0 spiro atoms. The number of rotatable bonds is 4. The van der Waals surface area contributed by atoms with Crippen molar-refractivity contribution in [3.63, 3.8) is 0 Å². The zero-order valence-corrected chi connectivity index (χ0v) is 6.95. The second-order valence-electron chi connectivity index (χ2n) is 3.00. The van der Waals surface area contributed by atoms with Gasteiger partial charge in [-0.3, -0.25) is 0 Å². The van der Waals surface area contributed by atoms with Crippen LogP contribution in [-0.4, -0.2) is 38.1 Å². The lowest BCUT2D eigenvalue weighted by molar-refractivity contribution is 0.113. The van der Waals surface area contributed by atoms with Crippen LogP contribution in [0, 0.1) is 5.92 Å². The van der Waals surface area contributed by atoms with E-state index in [2.05, 4.69) is 0 Å². The van der Waals surface area contributed by atoms with E-state index in [-0.39, 0.29) is 6.10 Å². The Hall–Kier alpha value is -0.120. The van der Waals surface area contributed by atoms with Gasteiger partial charge in [0, 0.05) is 19.6 Å². The Morgan fingerprint density at radius 2 is 2.36 bits per heavy atom. The van der Waals surface area contributed by atoms with E-state index in [1.54, 1.807) is 7.11 Å². The fraction of sp³-hybridized carbons (Fsp3) is 1.00. The first-order valence-corrected chi connectivity index (χ1v) is 4.09. The van der Waals surface area contributed by atoms with Crippen LogP contribution in [0.25, 0.3) is 0 Å². The highest BCUT2D eigenvalue weighted by atomic mass is 16.5. The van der Waals surface area contributed by atoms with Gasteiger partial charge in [-0.25, -0.2) is 0 Å². The monoisotopic (exact) mass is 160 g/mol. The van der Waals surface area contributed by atoms with E-state index in [4.69, 9.17) is 9.47 Å². The summed E-state index contributed by atoms with van der Waals surface area (Å²) in [4.78, 5) is 0. The lowest BCUT2D eigenvalue weighted by atomic mass is 10.0. The number of aliphatic hydroxyl groups is 1. The summed E-state index contributed by atoms with van der Waals surface area (Å²) in [5.74, 6) is 0.338. The molecule has 3 heteroatoms. The molecule has 1 aliphatic heterocycles. The predicted molar refractivity (Wildman–Crippen MR) is 41.4 cm³/mol. The van der Waals surface area contributed by atoms with Gasteiger partial charge in [0.15, 0.2) is 0 Å². The van der Waals surface area contributed by atoms with E-state index in [1.807, 2.05) is 0 Å². The second kappa shape index (κ2) is 4.70. The standard InChI is InChI=1S/C8H16O3/c1-10-4-2-3-7-5-11-6-8(7)9/h7-9H,2-6H2,1H3/t7-,8-/m1/s1. The van der Waals surface area contributed by atoms with Crippen molar-refractivity contribution in [2.75, 3.05) is 26.9 Å². The van der Waals surface area contributed by atoms with Gasteiger partial charge in [0.2, 0.25) is 0 Å². The molecule has 0 amide bonds. The van der Waals surface area contributed by atoms with Crippen LogP contribution in [0.15, 0.2) is 0 Å². The van der Waals surface area contributed by atoms with E-state index >= 15 is 0 Å². The first kappa shape index (κ1) is 8.97. The molecule has 1 heterocycles. The highest BCUT2D eigenvalue weighted by Gasteiger charge is 2.25. The molecule has 0 unspecified atom stereocenters. The third kappa shape index (κ3) is 2.77. The molecule has 1 aliphatic rings.